The smallest absolute Gasteiger partial charge is 0.164 e. The number of hydrogen-bond donors (Lipinski definition) is 0. The molecule has 1 aliphatic carbocycles. The molecule has 0 fully saturated rings. The second-order valence-electron chi connectivity index (χ2n) is 12.4. The van der Waals surface area contributed by atoms with Crippen LogP contribution < -0.4 is 0 Å². The Morgan fingerprint density at radius 2 is 0.915 bits per heavy atom. The maximum Gasteiger partial charge on any atom is 0.164 e. The average Bonchev–Trinajstić information content (AvgIpc) is 3.38. The number of benzene rings is 6. The largest absolute Gasteiger partial charge is 0.208 e. The van der Waals surface area contributed by atoms with Gasteiger partial charge in [-0.25, -0.2) is 15.0 Å². The van der Waals surface area contributed by atoms with E-state index < -0.39 is 0 Å². The summed E-state index contributed by atoms with van der Waals surface area (Å²) < 4.78 is 0. The first-order chi connectivity index (χ1) is 23.0. The Hall–Kier alpha value is -6.18. The van der Waals surface area contributed by atoms with Gasteiger partial charge in [-0.15, -0.1) is 0 Å². The van der Waals surface area contributed by atoms with E-state index in [9.17, 15) is 5.26 Å². The molecule has 4 heteroatoms. The molecule has 0 saturated carbocycles. The Morgan fingerprint density at radius 3 is 1.57 bits per heavy atom. The van der Waals surface area contributed by atoms with E-state index in [1.54, 1.807) is 0 Å². The molecule has 6 aromatic carbocycles. The van der Waals surface area contributed by atoms with Crippen LogP contribution in [0.25, 0.3) is 67.5 Å². The molecule has 0 aliphatic heterocycles. The van der Waals surface area contributed by atoms with Crippen LogP contribution in [0.1, 0.15) is 30.5 Å². The van der Waals surface area contributed by atoms with E-state index >= 15 is 0 Å². The van der Waals surface area contributed by atoms with Gasteiger partial charge in [-0.3, -0.25) is 0 Å². The summed E-state index contributed by atoms with van der Waals surface area (Å²) in [5, 5.41) is 10.1. The molecule has 0 saturated heterocycles. The summed E-state index contributed by atoms with van der Waals surface area (Å²) in [7, 11) is 0. The molecule has 1 heterocycles. The van der Waals surface area contributed by atoms with E-state index in [0.29, 0.717) is 23.0 Å². The van der Waals surface area contributed by atoms with Crippen LogP contribution in [0, 0.1) is 11.3 Å². The van der Waals surface area contributed by atoms with Crippen molar-refractivity contribution in [3.63, 3.8) is 0 Å². The predicted molar refractivity (Wildman–Crippen MR) is 189 cm³/mol. The minimum atomic E-state index is -0.213. The van der Waals surface area contributed by atoms with E-state index in [2.05, 4.69) is 105 Å². The number of aromatic nitrogens is 3. The third kappa shape index (κ3) is 4.90. The van der Waals surface area contributed by atoms with Gasteiger partial charge in [0.1, 0.15) is 0 Å². The Bertz CT molecular complexity index is 2320. The van der Waals surface area contributed by atoms with Crippen molar-refractivity contribution < 1.29 is 0 Å². The quantitative estimate of drug-likeness (QED) is 0.197. The Labute approximate surface area is 274 Å². The van der Waals surface area contributed by atoms with Crippen molar-refractivity contribution in [3.8, 4) is 73.6 Å². The van der Waals surface area contributed by atoms with E-state index in [4.69, 9.17) is 15.0 Å². The van der Waals surface area contributed by atoms with Crippen molar-refractivity contribution in [3.05, 3.63) is 162 Å². The second-order valence-corrected chi connectivity index (χ2v) is 12.4. The summed E-state index contributed by atoms with van der Waals surface area (Å²) in [5.74, 6) is 1.85. The number of fused-ring (bicyclic) bond motifs is 3. The lowest BCUT2D eigenvalue weighted by molar-refractivity contribution is 0.660. The normalized spacial score (nSPS) is 12.6. The summed E-state index contributed by atoms with van der Waals surface area (Å²) in [5.41, 5.74) is 12.2. The molecule has 7 aromatic rings. The van der Waals surface area contributed by atoms with Crippen LogP contribution in [0.2, 0.25) is 0 Å². The zero-order valence-electron chi connectivity index (χ0n) is 26.1. The minimum absolute atomic E-state index is 0.213. The molecule has 1 aromatic heterocycles. The highest BCUT2D eigenvalue weighted by Gasteiger charge is 2.38. The first-order valence-corrected chi connectivity index (χ1v) is 15.8. The van der Waals surface area contributed by atoms with Crippen LogP contribution in [-0.4, -0.2) is 15.0 Å². The van der Waals surface area contributed by atoms with Crippen LogP contribution in [0.15, 0.2) is 146 Å². The standard InChI is InChI=1S/C43H30N4/c1-43(2)36-20-10-18-34(27-44)38(36)39-35(19-11-21-37(39)43)32-16-9-17-33(26-32)42-46-40(30-14-7-4-8-15-30)45-41(47-42)31-24-22-29(23-25-31)28-12-5-3-6-13-28/h3-26H,1-2H3. The number of nitrogens with zero attached hydrogens (tertiary/aromatic N) is 4. The third-order valence-corrected chi connectivity index (χ3v) is 9.20. The maximum atomic E-state index is 10.1. The molecule has 0 radical (unpaired) electrons. The molecule has 0 unspecified atom stereocenters. The van der Waals surface area contributed by atoms with Crippen LogP contribution in [0.4, 0.5) is 0 Å². The van der Waals surface area contributed by atoms with E-state index in [1.165, 1.54) is 11.1 Å². The van der Waals surface area contributed by atoms with Gasteiger partial charge >= 0.3 is 0 Å². The fourth-order valence-electron chi connectivity index (χ4n) is 6.78. The van der Waals surface area contributed by atoms with Crippen molar-refractivity contribution in [1.29, 1.82) is 5.26 Å². The average molecular weight is 603 g/mol. The highest BCUT2D eigenvalue weighted by molar-refractivity contribution is 5.95. The summed E-state index contributed by atoms with van der Waals surface area (Å²) in [6, 6.07) is 52.1. The van der Waals surface area contributed by atoms with Crippen LogP contribution in [-0.2, 0) is 5.41 Å². The molecule has 47 heavy (non-hydrogen) atoms. The molecule has 0 amide bonds. The van der Waals surface area contributed by atoms with Gasteiger partial charge < -0.3 is 0 Å². The lowest BCUT2D eigenvalue weighted by atomic mass is 9.82. The Kier molecular flexibility index (Phi) is 6.82. The summed E-state index contributed by atoms with van der Waals surface area (Å²) in [6.45, 7) is 4.48. The monoisotopic (exact) mass is 602 g/mol. The predicted octanol–water partition coefficient (Wildman–Crippen LogP) is 10.4. The molecule has 1 aliphatic rings. The number of hydrogen-bond acceptors (Lipinski definition) is 4. The molecule has 4 nitrogen and oxygen atoms in total. The van der Waals surface area contributed by atoms with Crippen LogP contribution in [0.5, 0.6) is 0 Å². The van der Waals surface area contributed by atoms with Gasteiger partial charge in [0.05, 0.1) is 11.6 Å². The van der Waals surface area contributed by atoms with Gasteiger partial charge in [0.2, 0.25) is 0 Å². The number of nitriles is 1. The zero-order valence-corrected chi connectivity index (χ0v) is 26.1. The van der Waals surface area contributed by atoms with Crippen LogP contribution in [0.3, 0.4) is 0 Å². The van der Waals surface area contributed by atoms with Gasteiger partial charge in [-0.2, -0.15) is 5.26 Å². The molecule has 0 bridgehead atoms. The van der Waals surface area contributed by atoms with E-state index in [1.807, 2.05) is 60.7 Å². The van der Waals surface area contributed by atoms with E-state index in [0.717, 1.165) is 50.1 Å². The topological polar surface area (TPSA) is 62.5 Å². The van der Waals surface area contributed by atoms with Gasteiger partial charge in [0.25, 0.3) is 0 Å². The van der Waals surface area contributed by atoms with Crippen molar-refractivity contribution in [2.75, 3.05) is 0 Å². The van der Waals surface area contributed by atoms with Crippen molar-refractivity contribution in [2.45, 2.75) is 19.3 Å². The SMILES string of the molecule is CC1(C)c2cccc(C#N)c2-c2c(-c3cccc(-c4nc(-c5ccccc5)nc(-c5ccc(-c6ccccc6)cc5)n4)c3)cccc21. The second kappa shape index (κ2) is 11.3. The fraction of sp³-hybridized carbons (Fsp3) is 0.0698. The molecular weight excluding hydrogens is 573 g/mol. The molecule has 222 valence electrons. The minimum Gasteiger partial charge on any atom is -0.208 e. The molecule has 0 spiro atoms. The van der Waals surface area contributed by atoms with Gasteiger partial charge in [0, 0.05) is 27.7 Å². The lowest BCUT2D eigenvalue weighted by Crippen LogP contribution is -2.14. The summed E-state index contributed by atoms with van der Waals surface area (Å²) >= 11 is 0. The zero-order chi connectivity index (χ0) is 32.0. The van der Waals surface area contributed by atoms with Gasteiger partial charge in [-0.1, -0.05) is 147 Å². The maximum absolute atomic E-state index is 10.1. The van der Waals surface area contributed by atoms with Crippen molar-refractivity contribution in [2.24, 2.45) is 0 Å². The molecular formula is C43H30N4. The Morgan fingerprint density at radius 1 is 0.447 bits per heavy atom. The molecule has 8 rings (SSSR count). The first kappa shape index (κ1) is 28.3. The van der Waals surface area contributed by atoms with Crippen molar-refractivity contribution >= 4 is 0 Å². The fourth-order valence-corrected chi connectivity index (χ4v) is 6.78. The first-order valence-electron chi connectivity index (χ1n) is 15.8. The highest BCUT2D eigenvalue weighted by atomic mass is 15.0. The number of rotatable bonds is 5. The van der Waals surface area contributed by atoms with Crippen molar-refractivity contribution in [1.82, 2.24) is 15.0 Å². The van der Waals surface area contributed by atoms with Crippen LogP contribution >= 0.6 is 0 Å². The third-order valence-electron chi connectivity index (χ3n) is 9.20. The summed E-state index contributed by atoms with van der Waals surface area (Å²) in [4.78, 5) is 15.0. The Balaban J connectivity index is 1.26. The van der Waals surface area contributed by atoms with Gasteiger partial charge in [0.15, 0.2) is 17.5 Å². The lowest BCUT2D eigenvalue weighted by Gasteiger charge is -2.21. The summed E-state index contributed by atoms with van der Waals surface area (Å²) in [6.07, 6.45) is 0. The van der Waals surface area contributed by atoms with Gasteiger partial charge in [-0.05, 0) is 51.1 Å². The van der Waals surface area contributed by atoms with E-state index in [-0.39, 0.29) is 5.41 Å². The highest BCUT2D eigenvalue weighted by Crippen LogP contribution is 2.53. The molecule has 0 N–H and O–H groups in total. The molecule has 0 atom stereocenters.